The van der Waals surface area contributed by atoms with Crippen molar-refractivity contribution < 1.29 is 13.5 Å². The molecule has 1 fully saturated rings. The van der Waals surface area contributed by atoms with Crippen LogP contribution in [-0.4, -0.2) is 57.6 Å². The normalized spacial score (nSPS) is 15.3. The van der Waals surface area contributed by atoms with E-state index >= 15 is 0 Å². The average molecular weight is 443 g/mol. The highest BCUT2D eigenvalue weighted by atomic mass is 19.1. The largest absolute Gasteiger partial charge is 0.386 e. The van der Waals surface area contributed by atoms with Crippen molar-refractivity contribution in [3.05, 3.63) is 65.5 Å². The van der Waals surface area contributed by atoms with Gasteiger partial charge in [0.25, 0.3) is 0 Å². The van der Waals surface area contributed by atoms with Crippen molar-refractivity contribution in [2.75, 3.05) is 45.7 Å². The third-order valence-corrected chi connectivity index (χ3v) is 5.86. The highest BCUT2D eigenvalue weighted by Crippen LogP contribution is 2.31. The minimum absolute atomic E-state index is 0.0521. The lowest BCUT2D eigenvalue weighted by Crippen LogP contribution is -2.42. The molecule has 1 heterocycles. The lowest BCUT2D eigenvalue weighted by Gasteiger charge is -2.32. The van der Waals surface area contributed by atoms with Gasteiger partial charge in [-0.1, -0.05) is 18.7 Å². The second kappa shape index (κ2) is 11.2. The zero-order valence-electron chi connectivity index (χ0n) is 19.0. The third-order valence-electron chi connectivity index (χ3n) is 5.86. The first kappa shape index (κ1) is 23.9. The molecule has 0 spiro atoms. The minimum atomic E-state index is -0.609. The number of hydrogen-bond donors (Lipinski definition) is 2. The molecule has 32 heavy (non-hydrogen) atoms. The van der Waals surface area contributed by atoms with Crippen LogP contribution in [0.15, 0.2) is 47.7 Å². The van der Waals surface area contributed by atoms with Crippen LogP contribution in [0.5, 0.6) is 0 Å². The summed E-state index contributed by atoms with van der Waals surface area (Å²) in [7, 11) is 3.33. The van der Waals surface area contributed by atoms with Crippen molar-refractivity contribution in [2.45, 2.75) is 25.8 Å². The maximum absolute atomic E-state index is 14.8. The van der Waals surface area contributed by atoms with Gasteiger partial charge in [-0.3, -0.25) is 0 Å². The predicted molar refractivity (Wildman–Crippen MR) is 127 cm³/mol. The molecule has 0 bridgehead atoms. The summed E-state index contributed by atoms with van der Waals surface area (Å²) in [5.41, 5.74) is 2.41. The highest BCUT2D eigenvalue weighted by molar-refractivity contribution is 5.85. The number of hydrogen-bond acceptors (Lipinski definition) is 5. The second-order valence-electron chi connectivity index (χ2n) is 8.06. The quantitative estimate of drug-likeness (QED) is 0.559. The molecule has 1 aliphatic rings. The van der Waals surface area contributed by atoms with Crippen LogP contribution < -0.4 is 10.6 Å². The van der Waals surface area contributed by atoms with Crippen LogP contribution in [-0.2, 0) is 4.74 Å². The Hall–Kier alpha value is -2.77. The second-order valence-corrected chi connectivity index (χ2v) is 8.06. The predicted octanol–water partition coefficient (Wildman–Crippen LogP) is 4.57. The first-order chi connectivity index (χ1) is 15.4. The fourth-order valence-electron chi connectivity index (χ4n) is 3.89. The molecule has 2 N–H and O–H groups in total. The number of methoxy groups -OCH3 is 1. The first-order valence-electron chi connectivity index (χ1n) is 10.9. The van der Waals surface area contributed by atoms with E-state index in [9.17, 15) is 8.78 Å². The van der Waals surface area contributed by atoms with E-state index < -0.39 is 11.6 Å². The fraction of sp³-hybridized carbons (Fsp3) is 0.400. The van der Waals surface area contributed by atoms with Gasteiger partial charge in [0.2, 0.25) is 0 Å². The summed E-state index contributed by atoms with van der Waals surface area (Å²) in [6.07, 6.45) is 3.74. The van der Waals surface area contributed by atoms with Gasteiger partial charge in [-0.25, -0.2) is 13.8 Å². The Labute approximate surface area is 189 Å². The highest BCUT2D eigenvalue weighted by Gasteiger charge is 2.19. The van der Waals surface area contributed by atoms with Gasteiger partial charge < -0.3 is 20.3 Å². The molecule has 3 rings (SSSR count). The molecule has 0 radical (unpaired) electrons. The van der Waals surface area contributed by atoms with Crippen LogP contribution in [0.25, 0.3) is 11.1 Å². The van der Waals surface area contributed by atoms with E-state index in [1.165, 1.54) is 12.1 Å². The summed E-state index contributed by atoms with van der Waals surface area (Å²) in [5.74, 6) is -0.627. The van der Waals surface area contributed by atoms with Crippen molar-refractivity contribution in [3.8, 4) is 11.1 Å². The number of aryl methyl sites for hydroxylation is 1. The molecule has 2 aromatic carbocycles. The number of piperidine rings is 1. The lowest BCUT2D eigenvalue weighted by atomic mass is 9.98. The van der Waals surface area contributed by atoms with E-state index in [2.05, 4.69) is 27.1 Å². The minimum Gasteiger partial charge on any atom is -0.386 e. The molecule has 7 heteroatoms. The number of halogens is 2. The Bertz CT molecular complexity index is 969. The molecule has 0 aromatic heterocycles. The van der Waals surface area contributed by atoms with E-state index in [0.717, 1.165) is 50.2 Å². The summed E-state index contributed by atoms with van der Waals surface area (Å²) in [4.78, 5) is 6.86. The number of aliphatic imine (C=N–C) groups is 1. The summed E-state index contributed by atoms with van der Waals surface area (Å²) in [6, 6.07) is 8.30. The Morgan fingerprint density at radius 1 is 1.25 bits per heavy atom. The van der Waals surface area contributed by atoms with Gasteiger partial charge in [-0.15, -0.1) is 0 Å². The SMILES string of the molecule is C=C(/N=C\c1cc(-c2c(F)ccc(NC)c2F)ccc1C)NC1CCN(CCOC)CC1. The molecular weight excluding hydrogens is 410 g/mol. The van der Waals surface area contributed by atoms with E-state index in [1.807, 2.05) is 13.0 Å². The topological polar surface area (TPSA) is 48.9 Å². The van der Waals surface area contributed by atoms with Gasteiger partial charge in [0.15, 0.2) is 5.82 Å². The van der Waals surface area contributed by atoms with Crippen molar-refractivity contribution in [2.24, 2.45) is 4.99 Å². The van der Waals surface area contributed by atoms with Crippen LogP contribution >= 0.6 is 0 Å². The molecule has 172 valence electrons. The summed E-state index contributed by atoms with van der Waals surface area (Å²) in [6.45, 7) is 9.70. The molecule has 2 aromatic rings. The van der Waals surface area contributed by atoms with Crippen LogP contribution in [0.1, 0.15) is 24.0 Å². The Balaban J connectivity index is 1.67. The molecule has 0 aliphatic carbocycles. The van der Waals surface area contributed by atoms with Gasteiger partial charge in [-0.2, -0.15) is 0 Å². The number of ether oxygens (including phenoxy) is 1. The van der Waals surface area contributed by atoms with Crippen molar-refractivity contribution in [1.82, 2.24) is 10.2 Å². The Morgan fingerprint density at radius 3 is 2.69 bits per heavy atom. The standard InChI is InChI=1S/C25H32F2N4O/c1-17-5-6-19(24-22(26)7-8-23(28-3)25(24)27)15-20(17)16-29-18(2)30-21-9-11-31(12-10-21)13-14-32-4/h5-8,15-16,21,28,30H,2,9-14H2,1,3-4H3/b29-16-. The van der Waals surface area contributed by atoms with Crippen LogP contribution in [0, 0.1) is 18.6 Å². The Morgan fingerprint density at radius 2 is 2.00 bits per heavy atom. The smallest absolute Gasteiger partial charge is 0.157 e. The van der Waals surface area contributed by atoms with Gasteiger partial charge in [0.05, 0.1) is 17.9 Å². The molecule has 1 saturated heterocycles. The number of nitrogens with zero attached hydrogens (tertiary/aromatic N) is 2. The van der Waals surface area contributed by atoms with Crippen LogP contribution in [0.4, 0.5) is 14.5 Å². The maximum atomic E-state index is 14.8. The molecule has 5 nitrogen and oxygen atoms in total. The fourth-order valence-corrected chi connectivity index (χ4v) is 3.89. The monoisotopic (exact) mass is 442 g/mol. The van der Waals surface area contributed by atoms with Gasteiger partial charge in [0, 0.05) is 46.0 Å². The molecule has 0 unspecified atom stereocenters. The van der Waals surface area contributed by atoms with Crippen LogP contribution in [0.2, 0.25) is 0 Å². The van der Waals surface area contributed by atoms with Gasteiger partial charge >= 0.3 is 0 Å². The number of likely N-dealkylation sites (tertiary alicyclic amines) is 1. The van der Waals surface area contributed by atoms with E-state index in [-0.39, 0.29) is 11.3 Å². The average Bonchev–Trinajstić information content (AvgIpc) is 2.79. The zero-order valence-corrected chi connectivity index (χ0v) is 19.0. The van der Waals surface area contributed by atoms with Crippen LogP contribution in [0.3, 0.4) is 0 Å². The first-order valence-corrected chi connectivity index (χ1v) is 10.9. The summed E-state index contributed by atoms with van der Waals surface area (Å²) in [5, 5.41) is 6.14. The lowest BCUT2D eigenvalue weighted by molar-refractivity contribution is 0.127. The van der Waals surface area contributed by atoms with Gasteiger partial charge in [-0.05, 0) is 54.7 Å². The zero-order chi connectivity index (χ0) is 23.1. The van der Waals surface area contributed by atoms with Crippen molar-refractivity contribution in [3.63, 3.8) is 0 Å². The van der Waals surface area contributed by atoms with E-state index in [4.69, 9.17) is 4.74 Å². The van der Waals surface area contributed by atoms with E-state index in [0.29, 0.717) is 17.4 Å². The number of nitrogens with one attached hydrogen (secondary N) is 2. The number of benzene rings is 2. The summed E-state index contributed by atoms with van der Waals surface area (Å²) < 4.78 is 34.3. The summed E-state index contributed by atoms with van der Waals surface area (Å²) >= 11 is 0. The van der Waals surface area contributed by atoms with E-state index in [1.54, 1.807) is 32.5 Å². The molecule has 0 saturated carbocycles. The molecule has 0 amide bonds. The molecular formula is C25H32F2N4O. The molecule has 0 atom stereocenters. The molecule has 1 aliphatic heterocycles. The van der Waals surface area contributed by atoms with Crippen molar-refractivity contribution in [1.29, 1.82) is 0 Å². The number of anilines is 1. The number of rotatable bonds is 9. The maximum Gasteiger partial charge on any atom is 0.157 e. The Kier molecular flexibility index (Phi) is 8.36. The third kappa shape index (κ3) is 5.93. The van der Waals surface area contributed by atoms with Gasteiger partial charge in [0.1, 0.15) is 11.6 Å². The van der Waals surface area contributed by atoms with Crippen molar-refractivity contribution >= 4 is 11.9 Å².